The molecule has 1 aromatic carbocycles. The summed E-state index contributed by atoms with van der Waals surface area (Å²) in [7, 11) is 0. The lowest BCUT2D eigenvalue weighted by Crippen LogP contribution is -2.39. The summed E-state index contributed by atoms with van der Waals surface area (Å²) in [6.07, 6.45) is 5.89. The molecule has 4 rings (SSSR count). The maximum absolute atomic E-state index is 10.6. The zero-order valence-electron chi connectivity index (χ0n) is 15.3. The van der Waals surface area contributed by atoms with Gasteiger partial charge in [0.15, 0.2) is 0 Å². The van der Waals surface area contributed by atoms with Gasteiger partial charge in [0.25, 0.3) is 0 Å². The number of rotatable bonds is 5. The van der Waals surface area contributed by atoms with Gasteiger partial charge in [-0.3, -0.25) is 4.98 Å². The van der Waals surface area contributed by atoms with Crippen LogP contribution in [0.4, 0.5) is 5.95 Å². The monoisotopic (exact) mass is 360 g/mol. The molecule has 5 nitrogen and oxygen atoms in total. The Morgan fingerprint density at radius 2 is 1.67 bits per heavy atom. The van der Waals surface area contributed by atoms with Gasteiger partial charge in [-0.25, -0.2) is 9.97 Å². The van der Waals surface area contributed by atoms with E-state index in [-0.39, 0.29) is 6.10 Å². The summed E-state index contributed by atoms with van der Waals surface area (Å²) in [5, 5.41) is 10.6. The van der Waals surface area contributed by atoms with Crippen molar-refractivity contribution in [1.82, 2.24) is 15.0 Å². The third-order valence-corrected chi connectivity index (χ3v) is 5.22. The predicted molar refractivity (Wildman–Crippen MR) is 106 cm³/mol. The van der Waals surface area contributed by atoms with E-state index in [0.717, 1.165) is 49.7 Å². The normalized spacial score (nSPS) is 16.3. The SMILES string of the molecule is O[C@@H](Cc1ccccc1)C1CCN(c2nccc(-c3ccccn3)n2)CC1. The number of piperidine rings is 1. The molecule has 0 spiro atoms. The molecule has 2 aromatic heterocycles. The molecular formula is C22H24N4O. The Balaban J connectivity index is 1.38. The van der Waals surface area contributed by atoms with Crippen molar-refractivity contribution in [2.45, 2.75) is 25.4 Å². The number of pyridine rings is 1. The second-order valence-electron chi connectivity index (χ2n) is 7.04. The molecule has 0 amide bonds. The van der Waals surface area contributed by atoms with E-state index in [1.807, 2.05) is 42.5 Å². The Morgan fingerprint density at radius 1 is 0.889 bits per heavy atom. The van der Waals surface area contributed by atoms with E-state index in [2.05, 4.69) is 27.0 Å². The van der Waals surface area contributed by atoms with Crippen LogP contribution >= 0.6 is 0 Å². The van der Waals surface area contributed by atoms with Crippen LogP contribution in [0.15, 0.2) is 67.0 Å². The van der Waals surface area contributed by atoms with Crippen molar-refractivity contribution in [3.63, 3.8) is 0 Å². The van der Waals surface area contributed by atoms with Crippen LogP contribution in [-0.2, 0) is 6.42 Å². The van der Waals surface area contributed by atoms with Crippen LogP contribution in [-0.4, -0.2) is 39.3 Å². The van der Waals surface area contributed by atoms with Crippen LogP contribution in [0, 0.1) is 5.92 Å². The molecule has 0 aliphatic carbocycles. The van der Waals surface area contributed by atoms with Crippen molar-refractivity contribution >= 4 is 5.95 Å². The average Bonchev–Trinajstić information content (AvgIpc) is 2.75. The Morgan fingerprint density at radius 3 is 2.41 bits per heavy atom. The van der Waals surface area contributed by atoms with Crippen molar-refractivity contribution in [3.8, 4) is 11.4 Å². The molecule has 1 N–H and O–H groups in total. The van der Waals surface area contributed by atoms with Gasteiger partial charge in [0, 0.05) is 25.5 Å². The summed E-state index contributed by atoms with van der Waals surface area (Å²) in [6.45, 7) is 1.73. The fourth-order valence-corrected chi connectivity index (χ4v) is 3.66. The van der Waals surface area contributed by atoms with E-state index < -0.39 is 0 Å². The number of anilines is 1. The minimum atomic E-state index is -0.296. The topological polar surface area (TPSA) is 62.1 Å². The largest absolute Gasteiger partial charge is 0.392 e. The third kappa shape index (κ3) is 4.31. The maximum Gasteiger partial charge on any atom is 0.225 e. The van der Waals surface area contributed by atoms with Gasteiger partial charge < -0.3 is 10.0 Å². The first kappa shape index (κ1) is 17.6. The van der Waals surface area contributed by atoms with E-state index in [9.17, 15) is 5.11 Å². The number of aliphatic hydroxyl groups excluding tert-OH is 1. The van der Waals surface area contributed by atoms with Gasteiger partial charge in [-0.05, 0) is 48.9 Å². The lowest BCUT2D eigenvalue weighted by atomic mass is 9.88. The lowest BCUT2D eigenvalue weighted by molar-refractivity contribution is 0.0928. The van der Waals surface area contributed by atoms with Crippen LogP contribution in [0.1, 0.15) is 18.4 Å². The highest BCUT2D eigenvalue weighted by molar-refractivity contribution is 5.55. The smallest absolute Gasteiger partial charge is 0.225 e. The Kier molecular flexibility index (Phi) is 5.39. The summed E-state index contributed by atoms with van der Waals surface area (Å²) >= 11 is 0. The van der Waals surface area contributed by atoms with Crippen LogP contribution < -0.4 is 4.90 Å². The Bertz CT molecular complexity index is 848. The van der Waals surface area contributed by atoms with Gasteiger partial charge in [0.1, 0.15) is 0 Å². The molecule has 138 valence electrons. The van der Waals surface area contributed by atoms with E-state index in [4.69, 9.17) is 4.98 Å². The van der Waals surface area contributed by atoms with Gasteiger partial charge in [0.2, 0.25) is 5.95 Å². The van der Waals surface area contributed by atoms with Crippen molar-refractivity contribution in [2.24, 2.45) is 5.92 Å². The molecule has 3 heterocycles. The number of nitrogens with zero attached hydrogens (tertiary/aromatic N) is 4. The van der Waals surface area contributed by atoms with Gasteiger partial charge in [-0.2, -0.15) is 0 Å². The molecule has 0 unspecified atom stereocenters. The molecule has 0 radical (unpaired) electrons. The first-order chi connectivity index (χ1) is 13.3. The molecule has 1 aliphatic heterocycles. The molecule has 27 heavy (non-hydrogen) atoms. The molecule has 5 heteroatoms. The highest BCUT2D eigenvalue weighted by atomic mass is 16.3. The summed E-state index contributed by atoms with van der Waals surface area (Å²) < 4.78 is 0. The molecule has 0 bridgehead atoms. The van der Waals surface area contributed by atoms with Crippen molar-refractivity contribution in [3.05, 3.63) is 72.6 Å². The molecule has 0 saturated carbocycles. The highest BCUT2D eigenvalue weighted by Crippen LogP contribution is 2.26. The fourth-order valence-electron chi connectivity index (χ4n) is 3.66. The average molecular weight is 360 g/mol. The predicted octanol–water partition coefficient (Wildman–Crippen LogP) is 3.36. The van der Waals surface area contributed by atoms with E-state index in [1.165, 1.54) is 5.56 Å². The van der Waals surface area contributed by atoms with Crippen LogP contribution in [0.2, 0.25) is 0 Å². The molecule has 1 saturated heterocycles. The van der Waals surface area contributed by atoms with Crippen LogP contribution in [0.5, 0.6) is 0 Å². The molecule has 1 aliphatic rings. The van der Waals surface area contributed by atoms with E-state index in [0.29, 0.717) is 5.92 Å². The zero-order chi connectivity index (χ0) is 18.5. The zero-order valence-corrected chi connectivity index (χ0v) is 15.3. The van der Waals surface area contributed by atoms with Gasteiger partial charge in [-0.1, -0.05) is 36.4 Å². The number of aliphatic hydroxyl groups is 1. The molecule has 1 fully saturated rings. The minimum absolute atomic E-state index is 0.296. The second-order valence-corrected chi connectivity index (χ2v) is 7.04. The Labute approximate surface area is 159 Å². The van der Waals surface area contributed by atoms with E-state index >= 15 is 0 Å². The van der Waals surface area contributed by atoms with Gasteiger partial charge in [-0.15, -0.1) is 0 Å². The first-order valence-corrected chi connectivity index (χ1v) is 9.51. The fraction of sp³-hybridized carbons (Fsp3) is 0.318. The minimum Gasteiger partial charge on any atom is -0.392 e. The standard InChI is InChI=1S/C22H24N4O/c27-21(16-17-6-2-1-3-7-17)18-10-14-26(15-11-18)22-24-13-9-20(25-22)19-8-4-5-12-23-19/h1-9,12-13,18,21,27H,10-11,14-16H2/t21-/m0/s1. The molecular weight excluding hydrogens is 336 g/mol. The van der Waals surface area contributed by atoms with E-state index in [1.54, 1.807) is 12.4 Å². The lowest BCUT2D eigenvalue weighted by Gasteiger charge is -2.34. The van der Waals surface area contributed by atoms with Crippen molar-refractivity contribution < 1.29 is 5.11 Å². The number of hydrogen-bond donors (Lipinski definition) is 1. The van der Waals surface area contributed by atoms with Crippen molar-refractivity contribution in [1.29, 1.82) is 0 Å². The number of aromatic nitrogens is 3. The van der Waals surface area contributed by atoms with Gasteiger partial charge in [0.05, 0.1) is 17.5 Å². The summed E-state index contributed by atoms with van der Waals surface area (Å²) in [5.74, 6) is 1.06. The Hall–Kier alpha value is -2.79. The van der Waals surface area contributed by atoms with Crippen LogP contribution in [0.25, 0.3) is 11.4 Å². The second kappa shape index (κ2) is 8.27. The summed E-state index contributed by atoms with van der Waals surface area (Å²) in [6, 6.07) is 17.9. The molecule has 1 atom stereocenters. The summed E-state index contributed by atoms with van der Waals surface area (Å²) in [5.41, 5.74) is 2.89. The number of hydrogen-bond acceptors (Lipinski definition) is 5. The number of benzene rings is 1. The first-order valence-electron chi connectivity index (χ1n) is 9.51. The van der Waals surface area contributed by atoms with Gasteiger partial charge >= 0.3 is 0 Å². The quantitative estimate of drug-likeness (QED) is 0.756. The van der Waals surface area contributed by atoms with Crippen LogP contribution in [0.3, 0.4) is 0 Å². The maximum atomic E-state index is 10.6. The third-order valence-electron chi connectivity index (χ3n) is 5.22. The molecule has 3 aromatic rings. The highest BCUT2D eigenvalue weighted by Gasteiger charge is 2.26. The summed E-state index contributed by atoms with van der Waals surface area (Å²) in [4.78, 5) is 15.7. The van der Waals surface area contributed by atoms with Crippen molar-refractivity contribution in [2.75, 3.05) is 18.0 Å².